The van der Waals surface area contributed by atoms with Crippen molar-refractivity contribution in [3.05, 3.63) is 114 Å². The maximum Gasteiger partial charge on any atom is 0.322 e. The Morgan fingerprint density at radius 2 is 1.78 bits per heavy atom. The molecule has 0 radical (unpaired) electrons. The number of nitrogens with one attached hydrogen (secondary N) is 1. The summed E-state index contributed by atoms with van der Waals surface area (Å²) >= 11 is 0. The number of fused-ring (bicyclic) bond motifs is 3. The summed E-state index contributed by atoms with van der Waals surface area (Å²) in [5.74, 6) is 0.702. The average Bonchev–Trinajstić information content (AvgIpc) is 3.24. The highest BCUT2D eigenvalue weighted by atomic mass is 16.5. The highest BCUT2D eigenvalue weighted by molar-refractivity contribution is 5.90. The summed E-state index contributed by atoms with van der Waals surface area (Å²) in [6.45, 7) is 2.59. The summed E-state index contributed by atoms with van der Waals surface area (Å²) in [6, 6.07) is 27.7. The number of hydrogen-bond acceptors (Lipinski definition) is 2. The lowest BCUT2D eigenvalue weighted by atomic mass is 9.97. The van der Waals surface area contributed by atoms with E-state index in [2.05, 4.69) is 53.3 Å². The van der Waals surface area contributed by atoms with E-state index in [1.807, 2.05) is 59.5 Å². The van der Waals surface area contributed by atoms with E-state index < -0.39 is 0 Å². The van der Waals surface area contributed by atoms with E-state index >= 15 is 0 Å². The fourth-order valence-corrected chi connectivity index (χ4v) is 4.46. The summed E-state index contributed by atoms with van der Waals surface area (Å²) in [5.41, 5.74) is 6.22. The predicted molar refractivity (Wildman–Crippen MR) is 126 cm³/mol. The first kappa shape index (κ1) is 19.9. The molecule has 0 spiro atoms. The molecule has 1 atom stereocenters. The maximum absolute atomic E-state index is 13.7. The van der Waals surface area contributed by atoms with Gasteiger partial charge in [-0.3, -0.25) is 0 Å². The van der Waals surface area contributed by atoms with Gasteiger partial charge >= 0.3 is 6.03 Å². The zero-order valence-corrected chi connectivity index (χ0v) is 18.2. The predicted octanol–water partition coefficient (Wildman–Crippen LogP) is 5.93. The van der Waals surface area contributed by atoms with Crippen molar-refractivity contribution in [3.8, 4) is 11.4 Å². The van der Waals surface area contributed by atoms with Crippen LogP contribution in [0.3, 0.4) is 0 Å². The summed E-state index contributed by atoms with van der Waals surface area (Å²) in [5, 5.41) is 3.08. The molecule has 2 amide bonds. The van der Waals surface area contributed by atoms with Gasteiger partial charge in [-0.05, 0) is 53.9 Å². The number of ether oxygens (including phenoxy) is 1. The minimum Gasteiger partial charge on any atom is -0.497 e. The average molecular weight is 424 g/mol. The van der Waals surface area contributed by atoms with Crippen LogP contribution in [0.15, 0.2) is 91.1 Å². The molecule has 0 saturated carbocycles. The Labute approximate surface area is 187 Å². The summed E-state index contributed by atoms with van der Waals surface area (Å²) in [7, 11) is 1.62. The molecule has 0 saturated heterocycles. The van der Waals surface area contributed by atoms with Crippen molar-refractivity contribution >= 4 is 11.7 Å². The first-order chi connectivity index (χ1) is 15.7. The third-order valence-electron chi connectivity index (χ3n) is 6.03. The molecule has 2 heterocycles. The first-order valence-corrected chi connectivity index (χ1v) is 10.7. The second-order valence-electron chi connectivity index (χ2n) is 7.98. The number of para-hydroxylation sites is 1. The van der Waals surface area contributed by atoms with Gasteiger partial charge < -0.3 is 19.5 Å². The lowest BCUT2D eigenvalue weighted by molar-refractivity contribution is 0.194. The number of urea groups is 1. The van der Waals surface area contributed by atoms with Crippen molar-refractivity contribution in [3.63, 3.8) is 0 Å². The number of carbonyl (C=O) groups excluding carboxylic acids is 1. The quantitative estimate of drug-likeness (QED) is 0.444. The zero-order chi connectivity index (χ0) is 22.1. The lowest BCUT2D eigenvalue weighted by Gasteiger charge is -2.32. The van der Waals surface area contributed by atoms with Gasteiger partial charge in [-0.15, -0.1) is 0 Å². The SMILES string of the molecule is COc1cccc(NC(=O)N2Cc3ccccc3-n3cccc3[C@H]2c2ccccc2C)c1. The molecule has 160 valence electrons. The van der Waals surface area contributed by atoms with Gasteiger partial charge in [0, 0.05) is 23.6 Å². The summed E-state index contributed by atoms with van der Waals surface area (Å²) in [6.07, 6.45) is 2.07. The fourth-order valence-electron chi connectivity index (χ4n) is 4.46. The largest absolute Gasteiger partial charge is 0.497 e. The van der Waals surface area contributed by atoms with Gasteiger partial charge in [-0.25, -0.2) is 4.79 Å². The van der Waals surface area contributed by atoms with Crippen molar-refractivity contribution in [2.24, 2.45) is 0 Å². The molecule has 1 aromatic heterocycles. The van der Waals surface area contributed by atoms with E-state index in [4.69, 9.17) is 4.74 Å². The van der Waals surface area contributed by atoms with Crippen LogP contribution in [0.5, 0.6) is 5.75 Å². The number of nitrogens with zero attached hydrogens (tertiary/aromatic N) is 2. The molecule has 5 nitrogen and oxygen atoms in total. The van der Waals surface area contributed by atoms with Crippen molar-refractivity contribution in [2.45, 2.75) is 19.5 Å². The van der Waals surface area contributed by atoms with Crippen LogP contribution in [0.25, 0.3) is 5.69 Å². The first-order valence-electron chi connectivity index (χ1n) is 10.7. The highest BCUT2D eigenvalue weighted by Gasteiger charge is 2.33. The summed E-state index contributed by atoms with van der Waals surface area (Å²) < 4.78 is 7.52. The van der Waals surface area contributed by atoms with E-state index in [0.717, 1.165) is 28.1 Å². The minimum absolute atomic E-state index is 0.157. The number of carbonyl (C=O) groups is 1. The van der Waals surface area contributed by atoms with E-state index in [0.29, 0.717) is 18.0 Å². The molecule has 5 rings (SSSR count). The van der Waals surface area contributed by atoms with Crippen LogP contribution in [0.1, 0.15) is 28.4 Å². The Morgan fingerprint density at radius 1 is 0.969 bits per heavy atom. The molecule has 1 N–H and O–H groups in total. The minimum atomic E-state index is -0.232. The molecule has 1 aliphatic heterocycles. The van der Waals surface area contributed by atoms with Crippen molar-refractivity contribution in [2.75, 3.05) is 12.4 Å². The van der Waals surface area contributed by atoms with Gasteiger partial charge in [0.1, 0.15) is 11.8 Å². The van der Waals surface area contributed by atoms with Crippen LogP contribution in [0, 0.1) is 6.92 Å². The number of methoxy groups -OCH3 is 1. The lowest BCUT2D eigenvalue weighted by Crippen LogP contribution is -2.38. The molecular formula is C27H25N3O2. The normalized spacial score (nSPS) is 14.8. The van der Waals surface area contributed by atoms with Crippen LogP contribution >= 0.6 is 0 Å². The molecule has 32 heavy (non-hydrogen) atoms. The van der Waals surface area contributed by atoms with Gasteiger partial charge in [0.2, 0.25) is 0 Å². The standard InChI is InChI=1S/C27H25N3O2/c1-19-9-3-5-13-23(19)26-25-15-8-16-29(25)24-14-6-4-10-20(24)18-30(26)27(31)28-21-11-7-12-22(17-21)32-2/h3-17,26H,18H2,1-2H3,(H,28,31)/t26-/m1/s1. The Kier molecular flexibility index (Phi) is 5.15. The monoisotopic (exact) mass is 423 g/mol. The third kappa shape index (κ3) is 3.52. The molecule has 5 heteroatoms. The number of aryl methyl sites for hydroxylation is 1. The van der Waals surface area contributed by atoms with Crippen LogP contribution in [-0.2, 0) is 6.54 Å². The molecular weight excluding hydrogens is 398 g/mol. The molecule has 1 aliphatic rings. The van der Waals surface area contributed by atoms with Gasteiger partial charge in [0.05, 0.1) is 19.3 Å². The van der Waals surface area contributed by atoms with Crippen molar-refractivity contribution < 1.29 is 9.53 Å². The molecule has 0 unspecified atom stereocenters. The number of hydrogen-bond donors (Lipinski definition) is 1. The zero-order valence-electron chi connectivity index (χ0n) is 18.2. The molecule has 3 aromatic carbocycles. The van der Waals surface area contributed by atoms with Crippen molar-refractivity contribution in [1.82, 2.24) is 9.47 Å². The van der Waals surface area contributed by atoms with Crippen LogP contribution in [0.2, 0.25) is 0 Å². The molecule has 0 fully saturated rings. The van der Waals surface area contributed by atoms with E-state index in [9.17, 15) is 4.79 Å². The molecule has 4 aromatic rings. The Bertz CT molecular complexity index is 1280. The molecule has 0 bridgehead atoms. The number of benzene rings is 3. The number of aromatic nitrogens is 1. The number of amides is 2. The van der Waals surface area contributed by atoms with E-state index in [1.54, 1.807) is 7.11 Å². The second kappa shape index (κ2) is 8.27. The third-order valence-corrected chi connectivity index (χ3v) is 6.03. The van der Waals surface area contributed by atoms with E-state index in [-0.39, 0.29) is 12.1 Å². The van der Waals surface area contributed by atoms with Gasteiger partial charge in [-0.2, -0.15) is 0 Å². The Balaban J connectivity index is 1.63. The highest BCUT2D eigenvalue weighted by Crippen LogP contribution is 2.38. The Morgan fingerprint density at radius 3 is 2.62 bits per heavy atom. The van der Waals surface area contributed by atoms with Crippen LogP contribution in [-0.4, -0.2) is 22.6 Å². The van der Waals surface area contributed by atoms with Crippen LogP contribution in [0.4, 0.5) is 10.5 Å². The number of rotatable bonds is 3. The second-order valence-corrected chi connectivity index (χ2v) is 7.98. The van der Waals surface area contributed by atoms with Gasteiger partial charge in [0.15, 0.2) is 0 Å². The van der Waals surface area contributed by atoms with Crippen LogP contribution < -0.4 is 10.1 Å². The van der Waals surface area contributed by atoms with Gasteiger partial charge in [-0.1, -0.05) is 48.5 Å². The Hall–Kier alpha value is -3.99. The van der Waals surface area contributed by atoms with Gasteiger partial charge in [0.25, 0.3) is 0 Å². The topological polar surface area (TPSA) is 46.5 Å². The smallest absolute Gasteiger partial charge is 0.322 e. The van der Waals surface area contributed by atoms with E-state index in [1.165, 1.54) is 0 Å². The number of anilines is 1. The fraction of sp³-hybridized carbons (Fsp3) is 0.148. The molecule has 0 aliphatic carbocycles. The maximum atomic E-state index is 13.7. The summed E-state index contributed by atoms with van der Waals surface area (Å²) in [4.78, 5) is 15.6. The van der Waals surface area contributed by atoms with Crippen molar-refractivity contribution in [1.29, 1.82) is 0 Å².